The molecule has 0 spiro atoms. The Hall–Kier alpha value is -1.57. The van der Waals surface area contributed by atoms with Crippen molar-refractivity contribution >= 4 is 23.6 Å². The molecule has 0 fully saturated rings. The van der Waals surface area contributed by atoms with Crippen LogP contribution in [0.25, 0.3) is 0 Å². The van der Waals surface area contributed by atoms with Gasteiger partial charge in [-0.25, -0.2) is 0 Å². The number of aromatic nitrogens is 3. The van der Waals surface area contributed by atoms with Gasteiger partial charge in [-0.2, -0.15) is 0 Å². The maximum absolute atomic E-state index is 12.0. The summed E-state index contributed by atoms with van der Waals surface area (Å²) in [6, 6.07) is -0.443. The number of rotatable bonds is 6. The molecule has 1 aromatic rings. The number of nitrogens with zero attached hydrogens (tertiary/aromatic N) is 4. The van der Waals surface area contributed by atoms with Crippen LogP contribution in [0.4, 0.5) is 0 Å². The van der Waals surface area contributed by atoms with Crippen LogP contribution in [0.2, 0.25) is 0 Å². The number of carboxylic acid groups (broad SMARTS) is 1. The van der Waals surface area contributed by atoms with Gasteiger partial charge in [0.2, 0.25) is 5.91 Å². The van der Waals surface area contributed by atoms with Gasteiger partial charge in [0.05, 0.1) is 5.75 Å². The van der Waals surface area contributed by atoms with Gasteiger partial charge in [-0.05, 0) is 13.8 Å². The summed E-state index contributed by atoms with van der Waals surface area (Å²) in [6.07, 6.45) is 1.44. The highest BCUT2D eigenvalue weighted by Crippen LogP contribution is 2.19. The smallest absolute Gasteiger partial charge is 0.313 e. The third kappa shape index (κ3) is 3.46. The normalized spacial score (nSPS) is 12.2. The fourth-order valence-electron chi connectivity index (χ4n) is 1.32. The van der Waals surface area contributed by atoms with Gasteiger partial charge < -0.3 is 10.0 Å². The van der Waals surface area contributed by atoms with Crippen LogP contribution < -0.4 is 0 Å². The Kier molecular flexibility index (Phi) is 5.14. The second-order valence-corrected chi connectivity index (χ2v) is 4.67. The lowest BCUT2D eigenvalue weighted by Crippen LogP contribution is -2.33. The molecule has 1 rings (SSSR count). The predicted molar refractivity (Wildman–Crippen MR) is 66.4 cm³/mol. The number of amides is 1. The van der Waals surface area contributed by atoms with Crippen molar-refractivity contribution in [3.63, 3.8) is 0 Å². The highest BCUT2D eigenvalue weighted by Gasteiger charge is 2.21. The molecule has 0 aliphatic heterocycles. The highest BCUT2D eigenvalue weighted by molar-refractivity contribution is 7.99. The van der Waals surface area contributed by atoms with E-state index in [1.807, 2.05) is 6.92 Å². The monoisotopic (exact) mass is 272 g/mol. The van der Waals surface area contributed by atoms with Gasteiger partial charge in [0, 0.05) is 13.6 Å². The lowest BCUT2D eigenvalue weighted by molar-refractivity contribution is -0.134. The number of hydrogen-bond donors (Lipinski definition) is 1. The largest absolute Gasteiger partial charge is 0.481 e. The predicted octanol–water partition coefficient (Wildman–Crippen LogP) is 0.494. The van der Waals surface area contributed by atoms with Gasteiger partial charge in [-0.1, -0.05) is 11.8 Å². The first-order valence-electron chi connectivity index (χ1n) is 5.46. The first kappa shape index (κ1) is 14.5. The van der Waals surface area contributed by atoms with E-state index in [4.69, 9.17) is 5.11 Å². The summed E-state index contributed by atoms with van der Waals surface area (Å²) in [5, 5.41) is 16.6. The first-order chi connectivity index (χ1) is 8.47. The third-order valence-electron chi connectivity index (χ3n) is 2.49. The maximum Gasteiger partial charge on any atom is 0.313 e. The molecule has 0 bridgehead atoms. The van der Waals surface area contributed by atoms with Crippen LogP contribution in [0, 0.1) is 0 Å². The molecule has 1 atom stereocenters. The Balaban J connectivity index is 2.80. The molecule has 100 valence electrons. The first-order valence-corrected chi connectivity index (χ1v) is 6.45. The molecule has 1 N–H and O–H groups in total. The molecule has 1 aromatic heterocycles. The van der Waals surface area contributed by atoms with Crippen LogP contribution in [0.15, 0.2) is 11.5 Å². The van der Waals surface area contributed by atoms with E-state index in [-0.39, 0.29) is 11.7 Å². The van der Waals surface area contributed by atoms with E-state index in [2.05, 4.69) is 10.2 Å². The third-order valence-corrected chi connectivity index (χ3v) is 3.43. The molecule has 0 aromatic carbocycles. The Morgan fingerprint density at radius 3 is 2.83 bits per heavy atom. The minimum atomic E-state index is -0.931. The van der Waals surface area contributed by atoms with Gasteiger partial charge in [0.25, 0.3) is 0 Å². The number of aliphatic carboxylic acids is 1. The summed E-state index contributed by atoms with van der Waals surface area (Å²) in [7, 11) is 1.72. The number of carboxylic acids is 1. The summed E-state index contributed by atoms with van der Waals surface area (Å²) >= 11 is 1.05. The molecule has 7 nitrogen and oxygen atoms in total. The standard InChI is InChI=1S/C10H16N4O3S/c1-4-13(3)9(17)7(2)14-6-11-12-10(14)18-5-8(15)16/h6-7H,4-5H2,1-3H3,(H,15,16). The van der Waals surface area contributed by atoms with Crippen molar-refractivity contribution in [2.24, 2.45) is 0 Å². The lowest BCUT2D eigenvalue weighted by Gasteiger charge is -2.21. The quantitative estimate of drug-likeness (QED) is 0.758. The Morgan fingerprint density at radius 2 is 2.28 bits per heavy atom. The Morgan fingerprint density at radius 1 is 1.61 bits per heavy atom. The van der Waals surface area contributed by atoms with E-state index in [1.165, 1.54) is 6.33 Å². The highest BCUT2D eigenvalue weighted by atomic mass is 32.2. The van der Waals surface area contributed by atoms with Crippen LogP contribution in [0.1, 0.15) is 19.9 Å². The van der Waals surface area contributed by atoms with Gasteiger partial charge in [-0.3, -0.25) is 14.2 Å². The number of hydrogen-bond acceptors (Lipinski definition) is 5. The van der Waals surface area contributed by atoms with Gasteiger partial charge in [-0.15, -0.1) is 10.2 Å². The summed E-state index contributed by atoms with van der Waals surface area (Å²) < 4.78 is 1.59. The molecule has 18 heavy (non-hydrogen) atoms. The van der Waals surface area contributed by atoms with E-state index in [9.17, 15) is 9.59 Å². The van der Waals surface area contributed by atoms with Crippen molar-refractivity contribution in [1.29, 1.82) is 0 Å². The maximum atomic E-state index is 12.0. The molecular weight excluding hydrogens is 256 g/mol. The summed E-state index contributed by atoms with van der Waals surface area (Å²) in [5.41, 5.74) is 0. The number of carbonyl (C=O) groups excluding carboxylic acids is 1. The summed E-state index contributed by atoms with van der Waals surface area (Å²) in [5.74, 6) is -1.10. The average Bonchev–Trinajstić information content (AvgIpc) is 2.81. The van der Waals surface area contributed by atoms with Crippen LogP contribution >= 0.6 is 11.8 Å². The zero-order valence-corrected chi connectivity index (χ0v) is 11.3. The van der Waals surface area contributed by atoms with E-state index < -0.39 is 12.0 Å². The fraction of sp³-hybridized carbons (Fsp3) is 0.600. The lowest BCUT2D eigenvalue weighted by atomic mass is 10.3. The Labute approximate surface area is 109 Å². The molecule has 0 aliphatic carbocycles. The van der Waals surface area contributed by atoms with Gasteiger partial charge >= 0.3 is 5.97 Å². The molecule has 0 saturated carbocycles. The molecule has 0 aliphatic rings. The fourth-order valence-corrected chi connectivity index (χ4v) is 2.03. The van der Waals surface area contributed by atoms with E-state index in [0.29, 0.717) is 11.7 Å². The minimum Gasteiger partial charge on any atom is -0.481 e. The Bertz CT molecular complexity index is 435. The van der Waals surface area contributed by atoms with Crippen molar-refractivity contribution in [2.45, 2.75) is 25.0 Å². The van der Waals surface area contributed by atoms with Crippen LogP contribution in [-0.2, 0) is 9.59 Å². The van der Waals surface area contributed by atoms with Crippen molar-refractivity contribution in [3.05, 3.63) is 6.33 Å². The van der Waals surface area contributed by atoms with Crippen molar-refractivity contribution in [3.8, 4) is 0 Å². The van der Waals surface area contributed by atoms with Crippen molar-refractivity contribution < 1.29 is 14.7 Å². The second kappa shape index (κ2) is 6.39. The average molecular weight is 272 g/mol. The number of likely N-dealkylation sites (N-methyl/N-ethyl adjacent to an activating group) is 1. The van der Waals surface area contributed by atoms with Gasteiger partial charge in [0.1, 0.15) is 12.4 Å². The molecule has 0 radical (unpaired) electrons. The second-order valence-electron chi connectivity index (χ2n) is 3.73. The van der Waals surface area contributed by atoms with Crippen LogP contribution in [-0.4, -0.2) is 56.0 Å². The van der Waals surface area contributed by atoms with Crippen molar-refractivity contribution in [2.75, 3.05) is 19.3 Å². The summed E-state index contributed by atoms with van der Waals surface area (Å²) in [4.78, 5) is 24.1. The molecular formula is C10H16N4O3S. The number of carbonyl (C=O) groups is 2. The van der Waals surface area contributed by atoms with Crippen LogP contribution in [0.3, 0.4) is 0 Å². The zero-order valence-electron chi connectivity index (χ0n) is 10.5. The number of thioether (sulfide) groups is 1. The van der Waals surface area contributed by atoms with E-state index >= 15 is 0 Å². The molecule has 1 amide bonds. The topological polar surface area (TPSA) is 88.3 Å². The minimum absolute atomic E-state index is 0.0607. The van der Waals surface area contributed by atoms with Crippen LogP contribution in [0.5, 0.6) is 0 Å². The van der Waals surface area contributed by atoms with E-state index in [0.717, 1.165) is 11.8 Å². The van der Waals surface area contributed by atoms with Gasteiger partial charge in [0.15, 0.2) is 5.16 Å². The zero-order chi connectivity index (χ0) is 13.7. The molecule has 8 heteroatoms. The summed E-state index contributed by atoms with van der Waals surface area (Å²) in [6.45, 7) is 4.24. The SMILES string of the molecule is CCN(C)C(=O)C(C)n1cnnc1SCC(=O)O. The molecule has 1 unspecified atom stereocenters. The molecule has 0 saturated heterocycles. The van der Waals surface area contributed by atoms with E-state index in [1.54, 1.807) is 23.4 Å². The molecule has 1 heterocycles. The van der Waals surface area contributed by atoms with Crippen molar-refractivity contribution in [1.82, 2.24) is 19.7 Å².